The molecule has 8 nitrogen and oxygen atoms in total. The van der Waals surface area contributed by atoms with Crippen molar-refractivity contribution in [1.82, 2.24) is 9.21 Å². The minimum atomic E-state index is -3.87. The van der Waals surface area contributed by atoms with Crippen LogP contribution in [0.15, 0.2) is 23.1 Å². The molecule has 1 fully saturated rings. The van der Waals surface area contributed by atoms with E-state index in [4.69, 9.17) is 9.84 Å². The Labute approximate surface area is 144 Å². The number of rotatable bonds is 5. The van der Waals surface area contributed by atoms with E-state index in [0.29, 0.717) is 0 Å². The largest absolute Gasteiger partial charge is 0.495 e. The van der Waals surface area contributed by atoms with Gasteiger partial charge in [-0.25, -0.2) is 21.9 Å². The van der Waals surface area contributed by atoms with Gasteiger partial charge in [-0.1, -0.05) is 0 Å². The van der Waals surface area contributed by atoms with Gasteiger partial charge in [0.05, 0.1) is 13.7 Å². The van der Waals surface area contributed by atoms with Crippen molar-refractivity contribution in [2.24, 2.45) is 0 Å². The zero-order valence-electron chi connectivity index (χ0n) is 14.0. The Kier molecular flexibility index (Phi) is 5.05. The van der Waals surface area contributed by atoms with Crippen molar-refractivity contribution in [3.63, 3.8) is 0 Å². The number of carbonyl (C=O) groups is 2. The highest BCUT2D eigenvalue weighted by Crippen LogP contribution is 2.30. The van der Waals surface area contributed by atoms with Crippen LogP contribution in [0.1, 0.15) is 16.8 Å². The van der Waals surface area contributed by atoms with Crippen LogP contribution in [0, 0.1) is 0 Å². The van der Waals surface area contributed by atoms with Gasteiger partial charge in [0.15, 0.2) is 0 Å². The van der Waals surface area contributed by atoms with Gasteiger partial charge in [0.1, 0.15) is 10.6 Å². The summed E-state index contributed by atoms with van der Waals surface area (Å²) in [4.78, 5) is 24.3. The number of alkyl halides is 1. The van der Waals surface area contributed by atoms with Crippen molar-refractivity contribution in [1.29, 1.82) is 0 Å². The Morgan fingerprint density at radius 2 is 2.00 bits per heavy atom. The predicted molar refractivity (Wildman–Crippen MR) is 85.9 cm³/mol. The molecule has 2 rings (SSSR count). The van der Waals surface area contributed by atoms with Crippen molar-refractivity contribution >= 4 is 21.9 Å². The molecule has 1 atom stereocenters. The lowest BCUT2D eigenvalue weighted by atomic mass is 10.1. The summed E-state index contributed by atoms with van der Waals surface area (Å²) in [6, 6.07) is 3.84. The molecule has 1 aromatic carbocycles. The van der Waals surface area contributed by atoms with Crippen LogP contribution in [-0.4, -0.2) is 74.6 Å². The van der Waals surface area contributed by atoms with Crippen LogP contribution in [0.2, 0.25) is 0 Å². The number of benzene rings is 1. The lowest BCUT2D eigenvalue weighted by Gasteiger charge is -2.19. The molecule has 0 saturated carbocycles. The standard InChI is InChI=1S/C15H19FN2O6S/c1-17(2)25(22,23)12-8-10(4-5-11(12)24-3)13(19)18-7-6-15(16,9-18)14(20)21/h4-5,8H,6-7,9H2,1-3H3,(H,20,21). The van der Waals surface area contributed by atoms with E-state index in [1.807, 2.05) is 0 Å². The average molecular weight is 374 g/mol. The molecular formula is C15H19FN2O6S. The van der Waals surface area contributed by atoms with E-state index in [9.17, 15) is 22.4 Å². The number of nitrogens with zero attached hydrogens (tertiary/aromatic N) is 2. The van der Waals surface area contributed by atoms with Gasteiger partial charge >= 0.3 is 5.97 Å². The van der Waals surface area contributed by atoms with E-state index in [1.165, 1.54) is 33.3 Å². The maximum Gasteiger partial charge on any atom is 0.343 e. The number of carboxylic acid groups (broad SMARTS) is 1. The number of ether oxygens (including phenoxy) is 1. The third-order valence-electron chi connectivity index (χ3n) is 4.06. The third-order valence-corrected chi connectivity index (χ3v) is 5.90. The molecular weight excluding hydrogens is 355 g/mol. The first-order chi connectivity index (χ1) is 11.5. The lowest BCUT2D eigenvalue weighted by molar-refractivity contribution is -0.149. The second kappa shape index (κ2) is 6.60. The highest BCUT2D eigenvalue weighted by Gasteiger charge is 2.47. The van der Waals surface area contributed by atoms with Crippen molar-refractivity contribution in [3.8, 4) is 5.75 Å². The summed E-state index contributed by atoms with van der Waals surface area (Å²) in [7, 11) is 0.118. The number of methoxy groups -OCH3 is 1. The SMILES string of the molecule is COc1ccc(C(=O)N2CCC(F)(C(=O)O)C2)cc1S(=O)(=O)N(C)C. The van der Waals surface area contributed by atoms with Gasteiger partial charge in [0.2, 0.25) is 15.7 Å². The monoisotopic (exact) mass is 374 g/mol. The van der Waals surface area contributed by atoms with E-state index in [2.05, 4.69) is 0 Å². The van der Waals surface area contributed by atoms with Crippen LogP contribution in [0.4, 0.5) is 4.39 Å². The molecule has 0 spiro atoms. The van der Waals surface area contributed by atoms with Crippen LogP contribution >= 0.6 is 0 Å². The van der Waals surface area contributed by atoms with Gasteiger partial charge in [-0.2, -0.15) is 0 Å². The highest BCUT2D eigenvalue weighted by molar-refractivity contribution is 7.89. The summed E-state index contributed by atoms with van der Waals surface area (Å²) in [5.41, 5.74) is -2.48. The molecule has 1 amide bonds. The van der Waals surface area contributed by atoms with Gasteiger partial charge < -0.3 is 14.7 Å². The number of carbonyl (C=O) groups excluding carboxylic acids is 1. The predicted octanol–water partition coefficient (Wildman–Crippen LogP) is 0.584. The van der Waals surface area contributed by atoms with Crippen LogP contribution in [0.5, 0.6) is 5.75 Å². The number of likely N-dealkylation sites (tertiary alicyclic amines) is 1. The molecule has 1 heterocycles. The molecule has 1 aromatic rings. The first-order valence-corrected chi connectivity index (χ1v) is 8.79. The third kappa shape index (κ3) is 3.45. The Balaban J connectivity index is 2.38. The number of hydrogen-bond acceptors (Lipinski definition) is 5. The molecule has 0 bridgehead atoms. The minimum Gasteiger partial charge on any atom is -0.495 e. The maximum atomic E-state index is 14.1. The summed E-state index contributed by atoms with van der Waals surface area (Å²) < 4.78 is 44.9. The summed E-state index contributed by atoms with van der Waals surface area (Å²) in [5.74, 6) is -2.19. The molecule has 0 aliphatic carbocycles. The van der Waals surface area contributed by atoms with Crippen molar-refractivity contribution < 1.29 is 32.2 Å². The van der Waals surface area contributed by atoms with Crippen LogP contribution in [0.25, 0.3) is 0 Å². The smallest absolute Gasteiger partial charge is 0.343 e. The first kappa shape index (κ1) is 19.1. The van der Waals surface area contributed by atoms with Crippen molar-refractivity contribution in [2.45, 2.75) is 17.0 Å². The molecule has 1 aliphatic rings. The van der Waals surface area contributed by atoms with Crippen molar-refractivity contribution in [3.05, 3.63) is 23.8 Å². The Bertz CT molecular complexity index is 810. The lowest BCUT2D eigenvalue weighted by Crippen LogP contribution is -2.39. The number of hydrogen-bond donors (Lipinski definition) is 1. The topological polar surface area (TPSA) is 104 Å². The Hall–Kier alpha value is -2.20. The Morgan fingerprint density at radius 3 is 2.48 bits per heavy atom. The van der Waals surface area contributed by atoms with E-state index < -0.39 is 34.1 Å². The van der Waals surface area contributed by atoms with Crippen LogP contribution < -0.4 is 4.74 Å². The number of halogens is 1. The van der Waals surface area contributed by atoms with E-state index in [1.54, 1.807) is 0 Å². The molecule has 0 aromatic heterocycles. The fraction of sp³-hybridized carbons (Fsp3) is 0.467. The highest BCUT2D eigenvalue weighted by atomic mass is 32.2. The Morgan fingerprint density at radius 1 is 1.36 bits per heavy atom. The first-order valence-electron chi connectivity index (χ1n) is 7.35. The number of aliphatic carboxylic acids is 1. The zero-order valence-corrected chi connectivity index (χ0v) is 14.8. The van der Waals surface area contributed by atoms with Crippen molar-refractivity contribution in [2.75, 3.05) is 34.3 Å². The number of sulfonamides is 1. The molecule has 0 radical (unpaired) electrons. The molecule has 10 heteroatoms. The van der Waals surface area contributed by atoms with Gasteiger partial charge in [0, 0.05) is 32.6 Å². The van der Waals surface area contributed by atoms with Gasteiger partial charge in [0.25, 0.3) is 5.91 Å². The molecule has 1 aliphatic heterocycles. The average Bonchev–Trinajstić information content (AvgIpc) is 2.97. The second-order valence-electron chi connectivity index (χ2n) is 5.90. The molecule has 138 valence electrons. The maximum absolute atomic E-state index is 14.1. The minimum absolute atomic E-state index is 0.0101. The quantitative estimate of drug-likeness (QED) is 0.809. The molecule has 25 heavy (non-hydrogen) atoms. The summed E-state index contributed by atoms with van der Waals surface area (Å²) in [6.45, 7) is -0.646. The second-order valence-corrected chi connectivity index (χ2v) is 8.02. The normalized spacial score (nSPS) is 20.8. The zero-order chi connectivity index (χ0) is 19.0. The molecule has 1 N–H and O–H groups in total. The van der Waals surface area contributed by atoms with E-state index in [0.717, 1.165) is 15.3 Å². The van der Waals surface area contributed by atoms with Gasteiger partial charge in [-0.05, 0) is 18.2 Å². The molecule has 1 saturated heterocycles. The summed E-state index contributed by atoms with van der Waals surface area (Å²) in [5, 5.41) is 8.91. The fourth-order valence-corrected chi connectivity index (χ4v) is 3.59. The van der Waals surface area contributed by atoms with E-state index in [-0.39, 0.29) is 29.2 Å². The summed E-state index contributed by atoms with van der Waals surface area (Å²) in [6.07, 6.45) is -0.312. The van der Waals surface area contributed by atoms with Gasteiger partial charge in [-0.3, -0.25) is 4.79 Å². The summed E-state index contributed by atoms with van der Waals surface area (Å²) >= 11 is 0. The van der Waals surface area contributed by atoms with Crippen LogP contribution in [-0.2, 0) is 14.8 Å². The van der Waals surface area contributed by atoms with Crippen LogP contribution in [0.3, 0.4) is 0 Å². The molecule has 1 unspecified atom stereocenters. The fourth-order valence-electron chi connectivity index (χ4n) is 2.51. The number of carboxylic acids is 1. The van der Waals surface area contributed by atoms with E-state index >= 15 is 0 Å². The number of amides is 1. The van der Waals surface area contributed by atoms with Gasteiger partial charge in [-0.15, -0.1) is 0 Å².